The van der Waals surface area contributed by atoms with Crippen molar-refractivity contribution in [2.75, 3.05) is 5.32 Å². The Labute approximate surface area is 174 Å². The van der Waals surface area contributed by atoms with E-state index in [9.17, 15) is 14.4 Å². The molecule has 0 spiro atoms. The van der Waals surface area contributed by atoms with Crippen molar-refractivity contribution in [1.29, 1.82) is 0 Å². The van der Waals surface area contributed by atoms with Crippen molar-refractivity contribution in [3.63, 3.8) is 0 Å². The van der Waals surface area contributed by atoms with E-state index in [0.717, 1.165) is 11.1 Å². The van der Waals surface area contributed by atoms with Crippen molar-refractivity contribution < 1.29 is 19.1 Å². The van der Waals surface area contributed by atoms with Gasteiger partial charge in [-0.2, -0.15) is 0 Å². The van der Waals surface area contributed by atoms with Gasteiger partial charge in [-0.25, -0.2) is 4.79 Å². The van der Waals surface area contributed by atoms with E-state index in [2.05, 4.69) is 10.6 Å². The molecular weight excluding hydrogens is 394 g/mol. The molecule has 0 saturated heterocycles. The maximum Gasteiger partial charge on any atom is 0.312 e. The summed E-state index contributed by atoms with van der Waals surface area (Å²) in [7, 11) is 0. The smallest absolute Gasteiger partial charge is 0.312 e. The predicted octanol–water partition coefficient (Wildman–Crippen LogP) is 3.63. The number of amides is 3. The number of primary amides is 1. The predicted molar refractivity (Wildman–Crippen MR) is 112 cm³/mol. The Morgan fingerprint density at radius 1 is 1.07 bits per heavy atom. The number of esters is 1. The van der Waals surface area contributed by atoms with Crippen molar-refractivity contribution in [2.24, 2.45) is 5.73 Å². The van der Waals surface area contributed by atoms with Crippen LogP contribution in [0.5, 0.6) is 0 Å². The van der Waals surface area contributed by atoms with Crippen LogP contribution < -0.4 is 16.4 Å². The molecule has 154 valence electrons. The zero-order chi connectivity index (χ0) is 21.6. The summed E-state index contributed by atoms with van der Waals surface area (Å²) in [5.41, 5.74) is 8.35. The number of aryl methyl sites for hydroxylation is 2. The summed E-state index contributed by atoms with van der Waals surface area (Å²) in [6, 6.07) is 10.8. The molecule has 0 aliphatic rings. The normalized spacial score (nSPS) is 12.6. The van der Waals surface area contributed by atoms with E-state index in [-0.39, 0.29) is 6.42 Å². The van der Waals surface area contributed by atoms with E-state index < -0.39 is 30.1 Å². The molecule has 3 amide bonds. The van der Waals surface area contributed by atoms with Gasteiger partial charge in [0.15, 0.2) is 6.10 Å². The second-order valence-electron chi connectivity index (χ2n) is 6.70. The summed E-state index contributed by atoms with van der Waals surface area (Å²) in [5.74, 6) is -1.09. The molecule has 0 aromatic heterocycles. The summed E-state index contributed by atoms with van der Waals surface area (Å²) in [6.45, 7) is 5.25. The third-order valence-corrected chi connectivity index (χ3v) is 4.62. The topological polar surface area (TPSA) is 111 Å². The largest absolute Gasteiger partial charge is 0.452 e. The number of hydrogen-bond acceptors (Lipinski definition) is 4. The van der Waals surface area contributed by atoms with Crippen LogP contribution >= 0.6 is 11.6 Å². The van der Waals surface area contributed by atoms with E-state index in [1.54, 1.807) is 24.3 Å². The van der Waals surface area contributed by atoms with Crippen LogP contribution in [-0.4, -0.2) is 24.0 Å². The fourth-order valence-electron chi connectivity index (χ4n) is 2.82. The summed E-state index contributed by atoms with van der Waals surface area (Å²) >= 11 is 5.87. The number of halogens is 1. The van der Waals surface area contributed by atoms with Gasteiger partial charge >= 0.3 is 12.0 Å². The van der Waals surface area contributed by atoms with Crippen LogP contribution in [0.3, 0.4) is 0 Å². The number of benzene rings is 2. The lowest BCUT2D eigenvalue weighted by atomic mass is 10.0. The number of nitrogens with one attached hydrogen (secondary N) is 2. The maximum absolute atomic E-state index is 12.4. The minimum Gasteiger partial charge on any atom is -0.452 e. The number of carbonyl (C=O) groups is 3. The molecule has 0 radical (unpaired) electrons. The second-order valence-corrected chi connectivity index (χ2v) is 7.14. The summed E-state index contributed by atoms with van der Waals surface area (Å²) < 4.78 is 5.25. The molecule has 2 aromatic rings. The Balaban J connectivity index is 2.02. The minimum absolute atomic E-state index is 0.189. The Hall–Kier alpha value is -3.06. The molecule has 2 atom stereocenters. The van der Waals surface area contributed by atoms with Crippen LogP contribution in [0.1, 0.15) is 36.1 Å². The highest BCUT2D eigenvalue weighted by atomic mass is 35.5. The summed E-state index contributed by atoms with van der Waals surface area (Å²) in [6.07, 6.45) is -1.20. The Morgan fingerprint density at radius 2 is 1.66 bits per heavy atom. The van der Waals surface area contributed by atoms with Gasteiger partial charge in [-0.15, -0.1) is 0 Å². The summed E-state index contributed by atoms with van der Waals surface area (Å²) in [5, 5.41) is 5.80. The Kier molecular flexibility index (Phi) is 7.61. The molecule has 0 heterocycles. The van der Waals surface area contributed by atoms with Crippen LogP contribution in [-0.2, 0) is 14.3 Å². The van der Waals surface area contributed by atoms with Crippen LogP contribution in [0.2, 0.25) is 5.02 Å². The standard InChI is InChI=1S/C21H24ClN3O4/c1-12-5-4-6-13(2)19(12)25-20(27)14(3)29-18(26)11-17(24-21(23)28)15-7-9-16(22)10-8-15/h4-10,14,17H,11H2,1-3H3,(H,25,27)(H3,23,24,28)/t14-,17-/m0/s1. The molecule has 0 aliphatic carbocycles. The summed E-state index contributed by atoms with van der Waals surface area (Å²) in [4.78, 5) is 36.1. The van der Waals surface area contributed by atoms with Crippen LogP contribution in [0.25, 0.3) is 0 Å². The molecular formula is C21H24ClN3O4. The van der Waals surface area contributed by atoms with Gasteiger partial charge in [0.25, 0.3) is 5.91 Å². The third kappa shape index (κ3) is 6.50. The van der Waals surface area contributed by atoms with Crippen molar-refractivity contribution in [3.8, 4) is 0 Å². The Bertz CT molecular complexity index is 879. The maximum atomic E-state index is 12.4. The Morgan fingerprint density at radius 3 is 2.21 bits per heavy atom. The molecule has 0 unspecified atom stereocenters. The highest BCUT2D eigenvalue weighted by Crippen LogP contribution is 2.22. The fourth-order valence-corrected chi connectivity index (χ4v) is 2.95. The minimum atomic E-state index is -1.01. The highest BCUT2D eigenvalue weighted by molar-refractivity contribution is 6.30. The van der Waals surface area contributed by atoms with Crippen molar-refractivity contribution in [1.82, 2.24) is 5.32 Å². The number of para-hydroxylation sites is 1. The average Bonchev–Trinajstić information content (AvgIpc) is 2.64. The zero-order valence-electron chi connectivity index (χ0n) is 16.5. The van der Waals surface area contributed by atoms with Gasteiger partial charge in [-0.1, -0.05) is 41.9 Å². The van der Waals surface area contributed by atoms with Gasteiger partial charge in [0.2, 0.25) is 0 Å². The zero-order valence-corrected chi connectivity index (χ0v) is 17.2. The van der Waals surface area contributed by atoms with Crippen LogP contribution in [0.4, 0.5) is 10.5 Å². The first-order valence-corrected chi connectivity index (χ1v) is 9.43. The molecule has 0 saturated carbocycles. The quantitative estimate of drug-likeness (QED) is 0.597. The van der Waals surface area contributed by atoms with E-state index in [1.807, 2.05) is 32.0 Å². The molecule has 7 nitrogen and oxygen atoms in total. The van der Waals surface area contributed by atoms with E-state index in [1.165, 1.54) is 6.92 Å². The lowest BCUT2D eigenvalue weighted by Gasteiger charge is -2.20. The van der Waals surface area contributed by atoms with Gasteiger partial charge in [0.1, 0.15) is 0 Å². The molecule has 29 heavy (non-hydrogen) atoms. The monoisotopic (exact) mass is 417 g/mol. The first kappa shape index (κ1) is 22.2. The molecule has 2 rings (SSSR count). The van der Waals surface area contributed by atoms with Gasteiger partial charge in [-0.3, -0.25) is 9.59 Å². The third-order valence-electron chi connectivity index (χ3n) is 4.37. The SMILES string of the molecule is Cc1cccc(C)c1NC(=O)[C@H](C)OC(=O)C[C@H](NC(N)=O)c1ccc(Cl)cc1. The molecule has 8 heteroatoms. The van der Waals surface area contributed by atoms with Crippen molar-refractivity contribution in [2.45, 2.75) is 39.3 Å². The van der Waals surface area contributed by atoms with E-state index in [0.29, 0.717) is 16.3 Å². The van der Waals surface area contributed by atoms with Crippen LogP contribution in [0.15, 0.2) is 42.5 Å². The van der Waals surface area contributed by atoms with Gasteiger partial charge in [0.05, 0.1) is 12.5 Å². The van der Waals surface area contributed by atoms with Gasteiger partial charge < -0.3 is 21.1 Å². The number of urea groups is 1. The molecule has 2 aromatic carbocycles. The lowest BCUT2D eigenvalue weighted by Crippen LogP contribution is -2.36. The van der Waals surface area contributed by atoms with E-state index in [4.69, 9.17) is 22.1 Å². The molecule has 0 bridgehead atoms. The molecule has 0 fully saturated rings. The molecule has 4 N–H and O–H groups in total. The molecule has 0 aliphatic heterocycles. The number of rotatable bonds is 7. The number of nitrogens with two attached hydrogens (primary N) is 1. The van der Waals surface area contributed by atoms with Crippen molar-refractivity contribution in [3.05, 3.63) is 64.2 Å². The second kappa shape index (κ2) is 9.93. The average molecular weight is 418 g/mol. The number of carbonyl (C=O) groups excluding carboxylic acids is 3. The first-order chi connectivity index (χ1) is 13.7. The highest BCUT2D eigenvalue weighted by Gasteiger charge is 2.23. The van der Waals surface area contributed by atoms with Gasteiger partial charge in [-0.05, 0) is 49.6 Å². The van der Waals surface area contributed by atoms with Gasteiger partial charge in [0, 0.05) is 10.7 Å². The first-order valence-electron chi connectivity index (χ1n) is 9.05. The number of ether oxygens (including phenoxy) is 1. The number of hydrogen-bond donors (Lipinski definition) is 3. The van der Waals surface area contributed by atoms with Crippen molar-refractivity contribution >= 4 is 35.2 Å². The lowest BCUT2D eigenvalue weighted by molar-refractivity contribution is -0.153. The number of anilines is 1. The van der Waals surface area contributed by atoms with E-state index >= 15 is 0 Å². The fraction of sp³-hybridized carbons (Fsp3) is 0.286. The van der Waals surface area contributed by atoms with Crippen LogP contribution in [0, 0.1) is 13.8 Å².